The number of aromatic nitrogens is 5. The van der Waals surface area contributed by atoms with Gasteiger partial charge in [-0.25, -0.2) is 4.98 Å². The van der Waals surface area contributed by atoms with Gasteiger partial charge in [0.15, 0.2) is 11.5 Å². The Labute approximate surface area is 271 Å². The van der Waals surface area contributed by atoms with Crippen molar-refractivity contribution < 1.29 is 4.74 Å². The molecule has 9 rings (SSSR count). The van der Waals surface area contributed by atoms with Gasteiger partial charge in [-0.3, -0.25) is 8.97 Å². The van der Waals surface area contributed by atoms with Crippen LogP contribution in [0.1, 0.15) is 26.3 Å². The molecule has 0 spiro atoms. The quantitative estimate of drug-likeness (QED) is 0.186. The lowest BCUT2D eigenvalue weighted by Gasteiger charge is -2.20. The highest BCUT2D eigenvalue weighted by Gasteiger charge is 2.23. The van der Waals surface area contributed by atoms with E-state index >= 15 is 0 Å². The van der Waals surface area contributed by atoms with E-state index in [2.05, 4.69) is 126 Å². The van der Waals surface area contributed by atoms with Crippen molar-refractivity contribution in [1.29, 1.82) is 0 Å². The molecule has 6 heteroatoms. The molecule has 4 aromatic heterocycles. The summed E-state index contributed by atoms with van der Waals surface area (Å²) in [5, 5.41) is 15.0. The smallest absolute Gasteiger partial charge is 0.169 e. The van der Waals surface area contributed by atoms with Crippen molar-refractivity contribution >= 4 is 49.3 Å². The Balaban J connectivity index is 1.18. The summed E-state index contributed by atoms with van der Waals surface area (Å²) in [6, 6.07) is 43.8. The summed E-state index contributed by atoms with van der Waals surface area (Å²) in [6.45, 7) is 6.76. The van der Waals surface area contributed by atoms with Gasteiger partial charge >= 0.3 is 0 Å². The number of para-hydroxylation sites is 2. The normalized spacial score (nSPS) is 12.1. The number of fused-ring (bicyclic) bond motifs is 9. The molecule has 0 saturated heterocycles. The summed E-state index contributed by atoms with van der Waals surface area (Å²) in [4.78, 5) is 4.90. The van der Waals surface area contributed by atoms with E-state index in [0.717, 1.165) is 67.1 Å². The molecule has 0 bridgehead atoms. The van der Waals surface area contributed by atoms with E-state index < -0.39 is 0 Å². The van der Waals surface area contributed by atoms with E-state index in [9.17, 15) is 0 Å². The number of benzene rings is 5. The summed E-state index contributed by atoms with van der Waals surface area (Å²) >= 11 is 0. The number of pyridine rings is 2. The summed E-state index contributed by atoms with van der Waals surface area (Å²) in [6.07, 6.45) is 1.92. The second-order valence-electron chi connectivity index (χ2n) is 13.0. The van der Waals surface area contributed by atoms with Crippen LogP contribution in [0.4, 0.5) is 0 Å². The van der Waals surface area contributed by atoms with E-state index in [1.54, 1.807) is 0 Å². The molecule has 9 aromatic rings. The lowest BCUT2D eigenvalue weighted by molar-refractivity contribution is 0.483. The van der Waals surface area contributed by atoms with E-state index in [0.29, 0.717) is 0 Å². The fourth-order valence-corrected chi connectivity index (χ4v) is 6.95. The SMILES string of the molecule is CC(C)(C)c1ccnc2c1c1ccccc1n2-c1cccc(Oc2ccc3c4ccccc4n4c(-c5ccccc5)nnc4c3c2)c1. The standard InChI is InChI=1S/C41H31N5O/c1-41(2,3)34-22-23-42-40-37(34)32-17-8-10-19-36(32)45(40)27-14-11-15-28(24-27)47-29-20-21-30-31-16-7-9-18-35(31)46-38(26-12-5-4-6-13-26)43-44-39(46)33(30)25-29/h4-25H,1-3H3. The first-order valence-electron chi connectivity index (χ1n) is 15.9. The van der Waals surface area contributed by atoms with Crippen molar-refractivity contribution in [2.75, 3.05) is 0 Å². The number of hydrogen-bond donors (Lipinski definition) is 0. The fourth-order valence-electron chi connectivity index (χ4n) is 6.95. The largest absolute Gasteiger partial charge is 0.457 e. The molecule has 0 unspecified atom stereocenters. The lowest BCUT2D eigenvalue weighted by Crippen LogP contribution is -2.11. The van der Waals surface area contributed by atoms with Crippen LogP contribution in [0.2, 0.25) is 0 Å². The molecular weight excluding hydrogens is 578 g/mol. The highest BCUT2D eigenvalue weighted by Crippen LogP contribution is 2.39. The van der Waals surface area contributed by atoms with Gasteiger partial charge in [0.25, 0.3) is 0 Å². The molecule has 0 aliphatic heterocycles. The number of ether oxygens (including phenoxy) is 1. The molecule has 0 amide bonds. The van der Waals surface area contributed by atoms with E-state index in [1.807, 2.05) is 42.6 Å². The predicted molar refractivity (Wildman–Crippen MR) is 191 cm³/mol. The summed E-state index contributed by atoms with van der Waals surface area (Å²) in [7, 11) is 0. The van der Waals surface area contributed by atoms with Gasteiger partial charge in [0, 0.05) is 39.4 Å². The Hall–Kier alpha value is -6.01. The second-order valence-corrected chi connectivity index (χ2v) is 13.0. The second kappa shape index (κ2) is 10.3. The van der Waals surface area contributed by atoms with Gasteiger partial charge < -0.3 is 4.74 Å². The van der Waals surface area contributed by atoms with Crippen molar-refractivity contribution in [3.05, 3.63) is 139 Å². The molecule has 0 N–H and O–H groups in total. The third-order valence-corrected chi connectivity index (χ3v) is 9.04. The summed E-state index contributed by atoms with van der Waals surface area (Å²) in [5.74, 6) is 2.28. The molecule has 5 aromatic carbocycles. The molecule has 0 aliphatic carbocycles. The molecular formula is C41H31N5O. The van der Waals surface area contributed by atoms with E-state index in [-0.39, 0.29) is 5.41 Å². The maximum atomic E-state index is 6.59. The van der Waals surface area contributed by atoms with Crippen LogP contribution in [-0.4, -0.2) is 24.1 Å². The maximum Gasteiger partial charge on any atom is 0.169 e. The molecule has 226 valence electrons. The average Bonchev–Trinajstić information content (AvgIpc) is 3.69. The minimum atomic E-state index is -0.0276. The third-order valence-electron chi connectivity index (χ3n) is 9.04. The zero-order chi connectivity index (χ0) is 31.7. The monoisotopic (exact) mass is 609 g/mol. The van der Waals surface area contributed by atoms with Crippen LogP contribution in [0.5, 0.6) is 11.5 Å². The first-order valence-corrected chi connectivity index (χ1v) is 15.9. The zero-order valence-electron chi connectivity index (χ0n) is 26.3. The fraction of sp³-hybridized carbons (Fsp3) is 0.0976. The van der Waals surface area contributed by atoms with Crippen molar-refractivity contribution in [2.45, 2.75) is 26.2 Å². The molecule has 6 nitrogen and oxygen atoms in total. The van der Waals surface area contributed by atoms with E-state index in [4.69, 9.17) is 14.8 Å². The first-order chi connectivity index (χ1) is 23.0. The Morgan fingerprint density at radius 3 is 2.15 bits per heavy atom. The number of hydrogen-bond acceptors (Lipinski definition) is 4. The van der Waals surface area contributed by atoms with Gasteiger partial charge in [-0.05, 0) is 64.9 Å². The molecule has 47 heavy (non-hydrogen) atoms. The Morgan fingerprint density at radius 2 is 1.32 bits per heavy atom. The van der Waals surface area contributed by atoms with Gasteiger partial charge in [0.05, 0.1) is 16.7 Å². The van der Waals surface area contributed by atoms with Crippen molar-refractivity contribution in [3.63, 3.8) is 0 Å². The molecule has 4 heterocycles. The Kier molecular flexibility index (Phi) is 5.96. The Morgan fingerprint density at radius 1 is 0.574 bits per heavy atom. The molecule has 0 fully saturated rings. The van der Waals surface area contributed by atoms with Gasteiger partial charge in [0.2, 0.25) is 0 Å². The minimum absolute atomic E-state index is 0.0276. The summed E-state index contributed by atoms with van der Waals surface area (Å²) in [5.41, 5.74) is 7.18. The summed E-state index contributed by atoms with van der Waals surface area (Å²) < 4.78 is 11.0. The van der Waals surface area contributed by atoms with Crippen LogP contribution in [0.25, 0.3) is 66.3 Å². The molecule has 0 aliphatic rings. The lowest BCUT2D eigenvalue weighted by atomic mass is 9.85. The van der Waals surface area contributed by atoms with Crippen molar-refractivity contribution in [2.24, 2.45) is 0 Å². The van der Waals surface area contributed by atoms with Crippen LogP contribution < -0.4 is 4.74 Å². The van der Waals surface area contributed by atoms with Crippen LogP contribution in [0, 0.1) is 0 Å². The average molecular weight is 610 g/mol. The van der Waals surface area contributed by atoms with Crippen molar-refractivity contribution in [3.8, 4) is 28.6 Å². The maximum absolute atomic E-state index is 6.59. The predicted octanol–water partition coefficient (Wildman–Crippen LogP) is 10.3. The third kappa shape index (κ3) is 4.29. The number of rotatable bonds is 4. The van der Waals surface area contributed by atoms with Crippen LogP contribution in [0.3, 0.4) is 0 Å². The zero-order valence-corrected chi connectivity index (χ0v) is 26.3. The Bertz CT molecular complexity index is 2640. The van der Waals surface area contributed by atoms with Crippen LogP contribution >= 0.6 is 0 Å². The highest BCUT2D eigenvalue weighted by molar-refractivity contribution is 6.13. The highest BCUT2D eigenvalue weighted by atomic mass is 16.5. The van der Waals surface area contributed by atoms with E-state index in [1.165, 1.54) is 16.3 Å². The van der Waals surface area contributed by atoms with Gasteiger partial charge in [0.1, 0.15) is 17.1 Å². The number of nitrogens with zero attached hydrogens (tertiary/aromatic N) is 5. The molecule has 0 saturated carbocycles. The van der Waals surface area contributed by atoms with Crippen LogP contribution in [-0.2, 0) is 5.41 Å². The first kappa shape index (κ1) is 27.3. The minimum Gasteiger partial charge on any atom is -0.457 e. The molecule has 0 radical (unpaired) electrons. The van der Waals surface area contributed by atoms with Crippen molar-refractivity contribution in [1.82, 2.24) is 24.1 Å². The topological polar surface area (TPSA) is 57.2 Å². The van der Waals surface area contributed by atoms with Gasteiger partial charge in [-0.1, -0.05) is 93.6 Å². The van der Waals surface area contributed by atoms with Crippen LogP contribution in [0.15, 0.2) is 134 Å². The van der Waals surface area contributed by atoms with Gasteiger partial charge in [-0.2, -0.15) is 0 Å². The molecule has 0 atom stereocenters. The van der Waals surface area contributed by atoms with Gasteiger partial charge in [-0.15, -0.1) is 10.2 Å².